The summed E-state index contributed by atoms with van der Waals surface area (Å²) >= 11 is 7.23. The summed E-state index contributed by atoms with van der Waals surface area (Å²) in [6, 6.07) is 0. The third-order valence-electron chi connectivity index (χ3n) is 2.62. The highest BCUT2D eigenvalue weighted by molar-refractivity contribution is 7.13. The van der Waals surface area contributed by atoms with Crippen LogP contribution in [0.5, 0.6) is 0 Å². The first kappa shape index (κ1) is 11.3. The molecule has 0 saturated carbocycles. The van der Waals surface area contributed by atoms with Gasteiger partial charge in [-0.15, -0.1) is 11.3 Å². The van der Waals surface area contributed by atoms with E-state index in [2.05, 4.69) is 16.8 Å². The minimum atomic E-state index is -0.192. The summed E-state index contributed by atoms with van der Waals surface area (Å²) in [6.07, 6.45) is 0.719. The first-order chi connectivity index (χ1) is 7.13. The number of nitrogens with zero attached hydrogens (tertiary/aromatic N) is 2. The fraction of sp³-hybridized carbons (Fsp3) is 0.700. The van der Waals surface area contributed by atoms with E-state index in [4.69, 9.17) is 11.6 Å². The number of piperidine rings is 1. The number of halogens is 1. The Morgan fingerprint density at radius 2 is 2.47 bits per heavy atom. The summed E-state index contributed by atoms with van der Waals surface area (Å²) in [5, 5.41) is 11.6. The molecule has 0 spiro atoms. The van der Waals surface area contributed by atoms with E-state index in [-0.39, 0.29) is 6.10 Å². The fourth-order valence-corrected chi connectivity index (χ4v) is 2.91. The Labute approximate surface area is 98.7 Å². The molecular weight excluding hydrogens is 232 g/mol. The van der Waals surface area contributed by atoms with E-state index in [0.29, 0.717) is 10.4 Å². The molecule has 1 saturated heterocycles. The van der Waals surface area contributed by atoms with Crippen molar-refractivity contribution in [2.75, 3.05) is 13.1 Å². The number of hydrogen-bond acceptors (Lipinski definition) is 4. The molecule has 15 heavy (non-hydrogen) atoms. The molecule has 0 amide bonds. The van der Waals surface area contributed by atoms with Crippen LogP contribution < -0.4 is 0 Å². The Bertz CT molecular complexity index is 321. The molecule has 2 heterocycles. The predicted octanol–water partition coefficient (Wildman–Crippen LogP) is 2.00. The number of aliphatic hydroxyl groups is 1. The summed E-state index contributed by atoms with van der Waals surface area (Å²) in [7, 11) is 0. The van der Waals surface area contributed by atoms with Crippen LogP contribution in [0.1, 0.15) is 19.0 Å². The minimum absolute atomic E-state index is 0.192. The van der Waals surface area contributed by atoms with Crippen molar-refractivity contribution in [3.63, 3.8) is 0 Å². The lowest BCUT2D eigenvalue weighted by atomic mass is 9.98. The zero-order valence-corrected chi connectivity index (χ0v) is 10.3. The maximum absolute atomic E-state index is 9.65. The van der Waals surface area contributed by atoms with Gasteiger partial charge < -0.3 is 5.11 Å². The molecular formula is C10H15ClN2OS. The lowest BCUT2D eigenvalue weighted by Gasteiger charge is -2.33. The third-order valence-corrected chi connectivity index (χ3v) is 3.65. The molecule has 3 nitrogen and oxygen atoms in total. The molecule has 0 bridgehead atoms. The van der Waals surface area contributed by atoms with E-state index in [1.54, 1.807) is 0 Å². The van der Waals surface area contributed by atoms with Gasteiger partial charge in [0.2, 0.25) is 0 Å². The normalized spacial score (nSPS) is 28.2. The standard InChI is InChI=1S/C10H15ClN2OS/c1-7-2-9(14)5-13(3-7)4-8-6-15-10(11)12-8/h6-7,9,14H,2-5H2,1H3/t7-,9+/m1/s1. The lowest BCUT2D eigenvalue weighted by Crippen LogP contribution is -2.41. The van der Waals surface area contributed by atoms with Crippen LogP contribution in [0.25, 0.3) is 0 Å². The Kier molecular flexibility index (Phi) is 3.61. The maximum Gasteiger partial charge on any atom is 0.183 e. The Balaban J connectivity index is 1.94. The first-order valence-electron chi connectivity index (χ1n) is 5.14. The molecule has 1 aliphatic rings. The minimum Gasteiger partial charge on any atom is -0.392 e. The number of thiazole rings is 1. The predicted molar refractivity (Wildman–Crippen MR) is 62.2 cm³/mol. The quantitative estimate of drug-likeness (QED) is 0.867. The second kappa shape index (κ2) is 4.78. The van der Waals surface area contributed by atoms with Crippen LogP contribution >= 0.6 is 22.9 Å². The van der Waals surface area contributed by atoms with Gasteiger partial charge in [-0.05, 0) is 12.3 Å². The van der Waals surface area contributed by atoms with Crippen molar-refractivity contribution >= 4 is 22.9 Å². The fourth-order valence-electron chi connectivity index (χ4n) is 2.14. The van der Waals surface area contributed by atoms with Gasteiger partial charge in [-0.25, -0.2) is 4.98 Å². The van der Waals surface area contributed by atoms with Gasteiger partial charge in [-0.3, -0.25) is 4.90 Å². The number of aromatic nitrogens is 1. The van der Waals surface area contributed by atoms with Crippen LogP contribution in [0.15, 0.2) is 5.38 Å². The van der Waals surface area contributed by atoms with E-state index in [1.165, 1.54) is 11.3 Å². The zero-order chi connectivity index (χ0) is 10.8. The van der Waals surface area contributed by atoms with Crippen LogP contribution in [0, 0.1) is 5.92 Å². The van der Waals surface area contributed by atoms with Crippen molar-refractivity contribution in [2.24, 2.45) is 5.92 Å². The van der Waals surface area contributed by atoms with Crippen LogP contribution in [-0.2, 0) is 6.54 Å². The van der Waals surface area contributed by atoms with Gasteiger partial charge in [-0.2, -0.15) is 0 Å². The number of β-amino-alcohol motifs (C(OH)–C–C–N with tert-alkyl or cyclic N) is 1. The average molecular weight is 247 g/mol. The monoisotopic (exact) mass is 246 g/mol. The second-order valence-electron chi connectivity index (χ2n) is 4.28. The van der Waals surface area contributed by atoms with Crippen LogP contribution in [0.2, 0.25) is 4.47 Å². The maximum atomic E-state index is 9.65. The number of likely N-dealkylation sites (tertiary alicyclic amines) is 1. The molecule has 1 fully saturated rings. The summed E-state index contributed by atoms with van der Waals surface area (Å²) < 4.78 is 0.593. The lowest BCUT2D eigenvalue weighted by molar-refractivity contribution is 0.0404. The first-order valence-corrected chi connectivity index (χ1v) is 6.39. The molecule has 1 aromatic heterocycles. The Morgan fingerprint density at radius 3 is 3.07 bits per heavy atom. The average Bonchev–Trinajstić information content (AvgIpc) is 2.49. The molecule has 0 unspecified atom stereocenters. The van der Waals surface area contributed by atoms with Gasteiger partial charge in [0, 0.05) is 25.0 Å². The topological polar surface area (TPSA) is 36.4 Å². The van der Waals surface area contributed by atoms with Crippen molar-refractivity contribution in [1.82, 2.24) is 9.88 Å². The van der Waals surface area contributed by atoms with Crippen molar-refractivity contribution in [1.29, 1.82) is 0 Å². The zero-order valence-electron chi connectivity index (χ0n) is 8.69. The molecule has 5 heteroatoms. The highest BCUT2D eigenvalue weighted by atomic mass is 35.5. The summed E-state index contributed by atoms with van der Waals surface area (Å²) in [5.74, 6) is 0.558. The van der Waals surface area contributed by atoms with Crippen molar-refractivity contribution < 1.29 is 5.11 Å². The van der Waals surface area contributed by atoms with E-state index in [0.717, 1.165) is 31.7 Å². The van der Waals surface area contributed by atoms with Crippen LogP contribution in [0.3, 0.4) is 0 Å². The molecule has 1 aromatic rings. The van der Waals surface area contributed by atoms with Gasteiger partial charge >= 0.3 is 0 Å². The molecule has 0 aromatic carbocycles. The number of hydrogen-bond donors (Lipinski definition) is 1. The molecule has 2 rings (SSSR count). The number of aliphatic hydroxyl groups excluding tert-OH is 1. The third kappa shape index (κ3) is 3.14. The summed E-state index contributed by atoms with van der Waals surface area (Å²) in [6.45, 7) is 4.75. The summed E-state index contributed by atoms with van der Waals surface area (Å²) in [4.78, 5) is 6.46. The molecule has 0 aliphatic carbocycles. The van der Waals surface area contributed by atoms with E-state index >= 15 is 0 Å². The molecule has 84 valence electrons. The molecule has 1 aliphatic heterocycles. The Morgan fingerprint density at radius 1 is 1.67 bits per heavy atom. The van der Waals surface area contributed by atoms with E-state index in [1.807, 2.05) is 5.38 Å². The SMILES string of the molecule is C[C@@H]1C[C@H](O)CN(Cc2csc(Cl)n2)C1. The van der Waals surface area contributed by atoms with Gasteiger partial charge in [-0.1, -0.05) is 18.5 Å². The van der Waals surface area contributed by atoms with Gasteiger partial charge in [0.1, 0.15) is 0 Å². The molecule has 1 N–H and O–H groups in total. The van der Waals surface area contributed by atoms with Crippen LogP contribution in [-0.4, -0.2) is 34.2 Å². The van der Waals surface area contributed by atoms with Gasteiger partial charge in [0.25, 0.3) is 0 Å². The van der Waals surface area contributed by atoms with Crippen LogP contribution in [0.4, 0.5) is 0 Å². The smallest absolute Gasteiger partial charge is 0.183 e. The van der Waals surface area contributed by atoms with E-state index < -0.39 is 0 Å². The number of rotatable bonds is 2. The van der Waals surface area contributed by atoms with Crippen molar-refractivity contribution in [2.45, 2.75) is 26.0 Å². The summed E-state index contributed by atoms with van der Waals surface area (Å²) in [5.41, 5.74) is 1.01. The largest absolute Gasteiger partial charge is 0.392 e. The second-order valence-corrected chi connectivity index (χ2v) is 5.72. The Hall–Kier alpha value is -0.160. The van der Waals surface area contributed by atoms with Gasteiger partial charge in [0.05, 0.1) is 11.8 Å². The van der Waals surface area contributed by atoms with Crippen molar-refractivity contribution in [3.05, 3.63) is 15.5 Å². The highest BCUT2D eigenvalue weighted by Crippen LogP contribution is 2.20. The molecule has 0 radical (unpaired) electrons. The van der Waals surface area contributed by atoms with Crippen molar-refractivity contribution in [3.8, 4) is 0 Å². The highest BCUT2D eigenvalue weighted by Gasteiger charge is 2.23. The van der Waals surface area contributed by atoms with E-state index in [9.17, 15) is 5.11 Å². The molecule has 2 atom stereocenters. The van der Waals surface area contributed by atoms with Gasteiger partial charge in [0.15, 0.2) is 4.47 Å².